The van der Waals surface area contributed by atoms with Gasteiger partial charge in [-0.15, -0.1) is 0 Å². The number of likely N-dealkylation sites (N-methyl/N-ethyl adjacent to an activating group) is 1. The molecule has 0 aromatic heterocycles. The van der Waals surface area contributed by atoms with Crippen molar-refractivity contribution < 1.29 is 86.7 Å². The molecule has 2 unspecified atom stereocenters. The molecule has 490 valence electrons. The number of rotatable bonds is 9. The summed E-state index contributed by atoms with van der Waals surface area (Å²) in [6.45, 7) is 12.4. The number of fused-ring (bicyclic) bond motifs is 10. The molecule has 26 heteroatoms. The quantitative estimate of drug-likeness (QED) is 0.0641. The van der Waals surface area contributed by atoms with Gasteiger partial charge in [-0.25, -0.2) is 14.4 Å². The molecule has 89 heavy (non-hydrogen) atoms. The lowest BCUT2D eigenvalue weighted by atomic mass is 9.83. The molecule has 2 aromatic rings. The first-order valence-corrected chi connectivity index (χ1v) is 30.7. The van der Waals surface area contributed by atoms with Gasteiger partial charge < -0.3 is 72.7 Å². The summed E-state index contributed by atoms with van der Waals surface area (Å²) >= 11 is 17.4. The van der Waals surface area contributed by atoms with E-state index in [0.29, 0.717) is 41.5 Å². The maximum absolute atomic E-state index is 14.0. The van der Waals surface area contributed by atoms with Crippen LogP contribution in [0.5, 0.6) is 11.5 Å². The molecular weight excluding hydrogens is 1220 g/mol. The second-order valence-electron chi connectivity index (χ2n) is 24.2. The van der Waals surface area contributed by atoms with E-state index >= 15 is 0 Å². The second kappa shape index (κ2) is 28.7. The zero-order valence-corrected chi connectivity index (χ0v) is 55.2. The summed E-state index contributed by atoms with van der Waals surface area (Å²) in [6.07, 6.45) is 2.71. The summed E-state index contributed by atoms with van der Waals surface area (Å²) in [6, 6.07) is 6.23. The minimum Gasteiger partial charge on any atom is -0.495 e. The van der Waals surface area contributed by atoms with E-state index in [1.165, 1.54) is 57.1 Å². The third kappa shape index (κ3) is 15.7. The van der Waals surface area contributed by atoms with Crippen molar-refractivity contribution in [1.82, 2.24) is 15.5 Å². The van der Waals surface area contributed by atoms with Gasteiger partial charge in [0.05, 0.1) is 56.7 Å². The molecule has 2 aromatic carbocycles. The van der Waals surface area contributed by atoms with Crippen LogP contribution in [0.15, 0.2) is 71.9 Å². The summed E-state index contributed by atoms with van der Waals surface area (Å²) in [5.74, 6) is -1.63. The summed E-state index contributed by atoms with van der Waals surface area (Å²) in [5.41, 5.74) is -1.38. The number of benzene rings is 2. The number of hydrogen-bond acceptors (Lipinski definition) is 19. The number of methoxy groups -OCH3 is 4. The SMILES string of the molecule is COc1cc2cc(c1Cl)N(C)C(=O)C[C@H](O)[C@]1(C)OC1[C@H](C)[C@@H]1C[C@@](O)(NC(=O)O1)[C@H](OC)/C=C/C=C(\C)C2.COc1cc2cc(c1Cl)N(C)C(=O)C[C@H](OC(=O)[C@H](C)N(C)C(=O)CCS)[C@]1(C)OC1[C@H](C)[C@@H]1C[C@@](O)(NC(=O)O1)[C@H](OC)/C=C/C=C(\C)C2. The Hall–Kier alpha value is -5.93. The van der Waals surface area contributed by atoms with Crippen molar-refractivity contribution in [3.63, 3.8) is 0 Å². The Morgan fingerprint density at radius 3 is 1.60 bits per heavy atom. The number of allylic oxidation sites excluding steroid dienone is 6. The number of epoxide rings is 2. The number of alkyl carbamates (subject to hydrolysis) is 2. The number of aliphatic hydroxyl groups is 3. The first-order chi connectivity index (χ1) is 41.8. The minimum absolute atomic E-state index is 0.0310. The molecule has 8 rings (SSSR count). The maximum atomic E-state index is 14.0. The van der Waals surface area contributed by atoms with E-state index in [1.807, 2.05) is 45.1 Å². The predicted octanol–water partition coefficient (Wildman–Crippen LogP) is 6.95. The number of halogens is 2. The fraction of sp³-hybridized carbons (Fsp3) is 0.587. The molecule has 5 amide bonds. The van der Waals surface area contributed by atoms with Crippen LogP contribution in [0.3, 0.4) is 0 Å². The standard InChI is InChI=1S/C35H48ClN3O10S.C28H37ClN2O8/c1-19-10-9-11-26(46-8)35(44)18-25(47-33(43)37-35)20(2)31-34(4,49-31)27(48-32(42)21(3)38(5)28(40)12-13-50)17-29(41)39(6)23-15-22(14-19)16-24(45-7)30(23)36;1-15-8-7-9-22(37-6)28(35)14-20(38-26(34)30-28)16(2)25-27(3,39-25)21(32)13-23(33)31(4)18-11-17(10-15)12-19(36-5)24(18)29/h9-11,15-16,20-21,25-27,31,44,50H,12-14,17-18H2,1-8H3,(H,37,43);7-9,11-12,16,20-22,25,32,35H,10,13-14H2,1-6H3,(H,30,34)/b11-9+,19-10+;9-7+,15-8+/t20-,21+,25+,26-,27+,31?,34+,35+;16-,20+,21+,22-,25?,27+,28+/m11/s1. The van der Waals surface area contributed by atoms with E-state index < -0.39 is 113 Å². The van der Waals surface area contributed by atoms with Gasteiger partial charge in [0.25, 0.3) is 0 Å². The van der Waals surface area contributed by atoms with Crippen molar-refractivity contribution in [2.45, 2.75) is 171 Å². The fourth-order valence-electron chi connectivity index (χ4n) is 12.0. The van der Waals surface area contributed by atoms with Crippen molar-refractivity contribution >= 4 is 83.1 Å². The Bertz CT molecular complexity index is 3130. The Labute approximate surface area is 535 Å². The van der Waals surface area contributed by atoms with Crippen molar-refractivity contribution in [1.29, 1.82) is 0 Å². The van der Waals surface area contributed by atoms with Crippen LogP contribution in [0.25, 0.3) is 0 Å². The van der Waals surface area contributed by atoms with Gasteiger partial charge in [-0.05, 0) is 88.6 Å². The summed E-state index contributed by atoms with van der Waals surface area (Å²) in [4.78, 5) is 82.7. The Balaban J connectivity index is 0.000000261. The van der Waals surface area contributed by atoms with E-state index in [0.717, 1.165) is 22.3 Å². The number of carbonyl (C=O) groups is 6. The van der Waals surface area contributed by atoms with E-state index in [4.69, 9.17) is 65.8 Å². The number of nitrogens with zero attached hydrogens (tertiary/aromatic N) is 3. The zero-order valence-electron chi connectivity index (χ0n) is 52.8. The van der Waals surface area contributed by atoms with Crippen molar-refractivity contribution in [3.8, 4) is 11.5 Å². The number of amides is 5. The minimum atomic E-state index is -1.82. The third-order valence-electron chi connectivity index (χ3n) is 17.8. The summed E-state index contributed by atoms with van der Waals surface area (Å²) in [5, 5.41) is 39.7. The number of nitrogens with one attached hydrogen (secondary N) is 2. The topological polar surface area (TPSA) is 287 Å². The lowest BCUT2D eigenvalue weighted by Crippen LogP contribution is -2.63. The highest BCUT2D eigenvalue weighted by Gasteiger charge is 2.65. The lowest BCUT2D eigenvalue weighted by Gasteiger charge is -2.42. The van der Waals surface area contributed by atoms with Crippen molar-refractivity contribution in [3.05, 3.63) is 93.0 Å². The van der Waals surface area contributed by atoms with E-state index in [9.17, 15) is 44.1 Å². The number of thiol groups is 1. The average Bonchev–Trinajstić information content (AvgIpc) is 1.66. The van der Waals surface area contributed by atoms with E-state index in [-0.39, 0.29) is 54.0 Å². The number of aliphatic hydroxyl groups excluding tert-OH is 1. The highest BCUT2D eigenvalue weighted by Crippen LogP contribution is 2.51. The van der Waals surface area contributed by atoms with Crippen LogP contribution in [0.1, 0.15) is 91.7 Å². The Morgan fingerprint density at radius 1 is 0.742 bits per heavy atom. The largest absolute Gasteiger partial charge is 0.495 e. The van der Waals surface area contributed by atoms with Crippen LogP contribution >= 0.6 is 35.8 Å². The van der Waals surface area contributed by atoms with Crippen LogP contribution in [0.2, 0.25) is 10.0 Å². The average molecular weight is 1300 g/mol. The third-order valence-corrected chi connectivity index (χ3v) is 18.8. The monoisotopic (exact) mass is 1300 g/mol. The maximum Gasteiger partial charge on any atom is 0.409 e. The molecule has 6 aliphatic heterocycles. The molecule has 0 spiro atoms. The van der Waals surface area contributed by atoms with Crippen molar-refractivity contribution in [2.24, 2.45) is 11.8 Å². The summed E-state index contributed by atoms with van der Waals surface area (Å²) < 4.78 is 51.5. The molecule has 15 atom stereocenters. The number of hydrogen-bond donors (Lipinski definition) is 6. The highest BCUT2D eigenvalue weighted by atomic mass is 35.5. The lowest BCUT2D eigenvalue weighted by molar-refractivity contribution is -0.162. The molecular formula is C63H85Cl2N5O18S. The number of carbonyl (C=O) groups excluding carboxylic acids is 6. The van der Waals surface area contributed by atoms with Gasteiger partial charge >= 0.3 is 18.2 Å². The van der Waals surface area contributed by atoms with E-state index in [1.54, 1.807) is 71.3 Å². The van der Waals surface area contributed by atoms with Crippen LogP contribution in [-0.2, 0) is 65.2 Å². The van der Waals surface area contributed by atoms with Gasteiger partial charge in [-0.1, -0.05) is 84.7 Å². The van der Waals surface area contributed by atoms with Gasteiger partial charge in [0.1, 0.15) is 69.3 Å². The van der Waals surface area contributed by atoms with E-state index in [2.05, 4.69) is 23.3 Å². The van der Waals surface area contributed by atoms with Crippen LogP contribution in [-0.4, -0.2) is 189 Å². The molecule has 0 radical (unpaired) electrons. The van der Waals surface area contributed by atoms with Gasteiger partial charge in [-0.2, -0.15) is 12.6 Å². The van der Waals surface area contributed by atoms with Crippen molar-refractivity contribution in [2.75, 3.05) is 65.1 Å². The molecule has 0 aliphatic carbocycles. The molecule has 0 saturated carbocycles. The van der Waals surface area contributed by atoms with Gasteiger partial charge in [0.2, 0.25) is 17.7 Å². The molecule has 23 nitrogen and oxygen atoms in total. The molecule has 6 aliphatic rings. The van der Waals surface area contributed by atoms with Crippen LogP contribution < -0.4 is 29.9 Å². The van der Waals surface area contributed by atoms with Gasteiger partial charge in [0, 0.05) is 66.5 Å². The molecule has 6 heterocycles. The molecule has 8 bridgehead atoms. The molecule has 4 saturated heterocycles. The predicted molar refractivity (Wildman–Crippen MR) is 334 cm³/mol. The first kappa shape index (κ1) is 70.5. The number of anilines is 2. The second-order valence-corrected chi connectivity index (χ2v) is 25.4. The normalized spacial score (nSPS) is 34.7. The van der Waals surface area contributed by atoms with Gasteiger partial charge in [0.15, 0.2) is 11.4 Å². The smallest absolute Gasteiger partial charge is 0.409 e. The Kier molecular flexibility index (Phi) is 22.7. The summed E-state index contributed by atoms with van der Waals surface area (Å²) in [7, 11) is 10.5. The molecule has 5 N–H and O–H groups in total. The molecule has 4 fully saturated rings. The first-order valence-electron chi connectivity index (χ1n) is 29.3. The van der Waals surface area contributed by atoms with Gasteiger partial charge in [-0.3, -0.25) is 25.0 Å². The van der Waals surface area contributed by atoms with Crippen LogP contribution in [0, 0.1) is 11.8 Å². The number of ether oxygens (including phenoxy) is 9. The zero-order chi connectivity index (χ0) is 65.8. The number of esters is 1. The fourth-order valence-corrected chi connectivity index (χ4v) is 12.8. The highest BCUT2D eigenvalue weighted by molar-refractivity contribution is 7.80. The van der Waals surface area contributed by atoms with Crippen LogP contribution in [0.4, 0.5) is 21.0 Å². The Morgan fingerprint density at radius 2 is 1.17 bits per heavy atom.